The van der Waals surface area contributed by atoms with Crippen molar-refractivity contribution in [1.82, 2.24) is 5.32 Å². The summed E-state index contributed by atoms with van der Waals surface area (Å²) in [5.74, 6) is 0. The molecule has 1 aliphatic carbocycles. The molecule has 1 unspecified atom stereocenters. The van der Waals surface area contributed by atoms with Crippen molar-refractivity contribution in [2.45, 2.75) is 77.0 Å². The first-order chi connectivity index (χ1) is 7.26. The summed E-state index contributed by atoms with van der Waals surface area (Å²) in [5.41, 5.74) is 0. The highest BCUT2D eigenvalue weighted by molar-refractivity contribution is 4.85. The first kappa shape index (κ1) is 13.0. The molecule has 0 aliphatic heterocycles. The lowest BCUT2D eigenvalue weighted by molar-refractivity contribution is -0.0593. The van der Waals surface area contributed by atoms with Crippen molar-refractivity contribution in [3.63, 3.8) is 0 Å². The molecule has 0 spiro atoms. The summed E-state index contributed by atoms with van der Waals surface area (Å²) in [6, 6.07) is 0.710. The van der Waals surface area contributed by atoms with E-state index in [2.05, 4.69) is 19.2 Å². The number of hydrogen-bond donors (Lipinski definition) is 1. The van der Waals surface area contributed by atoms with Gasteiger partial charge in [-0.2, -0.15) is 0 Å². The minimum absolute atomic E-state index is 0.463. The molecule has 0 aromatic rings. The van der Waals surface area contributed by atoms with E-state index in [1.165, 1.54) is 44.9 Å². The van der Waals surface area contributed by atoms with Gasteiger partial charge in [0, 0.05) is 6.04 Å². The van der Waals surface area contributed by atoms with Gasteiger partial charge in [-0.15, -0.1) is 0 Å². The van der Waals surface area contributed by atoms with Gasteiger partial charge in [0.25, 0.3) is 0 Å². The Morgan fingerprint density at radius 2 is 2.00 bits per heavy atom. The molecule has 1 aliphatic rings. The summed E-state index contributed by atoms with van der Waals surface area (Å²) >= 11 is 0. The molecule has 0 amide bonds. The van der Waals surface area contributed by atoms with Crippen LogP contribution in [0.4, 0.5) is 0 Å². The molecule has 1 rings (SSSR count). The lowest BCUT2D eigenvalue weighted by Crippen LogP contribution is -2.44. The molecule has 0 aromatic carbocycles. The molecule has 0 radical (unpaired) electrons. The van der Waals surface area contributed by atoms with Crippen molar-refractivity contribution in [1.29, 1.82) is 0 Å². The third-order valence-electron chi connectivity index (χ3n) is 3.39. The highest BCUT2D eigenvalue weighted by atomic mass is 16.5. The lowest BCUT2D eigenvalue weighted by atomic mass is 9.89. The Kier molecular flexibility index (Phi) is 6.26. The third kappa shape index (κ3) is 4.98. The fourth-order valence-electron chi connectivity index (χ4n) is 2.17. The van der Waals surface area contributed by atoms with E-state index >= 15 is 0 Å². The lowest BCUT2D eigenvalue weighted by Gasteiger charge is -2.36. The number of unbranched alkanes of at least 4 members (excludes halogenated alkanes) is 3. The minimum Gasteiger partial charge on any atom is -0.375 e. The van der Waals surface area contributed by atoms with Crippen LogP contribution < -0.4 is 5.32 Å². The Hall–Kier alpha value is -0.0800. The third-order valence-corrected chi connectivity index (χ3v) is 3.39. The summed E-state index contributed by atoms with van der Waals surface area (Å²) in [6.45, 7) is 4.48. The van der Waals surface area contributed by atoms with Crippen LogP contribution in [0.25, 0.3) is 0 Å². The van der Waals surface area contributed by atoms with Gasteiger partial charge in [-0.05, 0) is 33.2 Å². The first-order valence-electron chi connectivity index (χ1n) is 6.59. The van der Waals surface area contributed by atoms with Crippen LogP contribution >= 0.6 is 0 Å². The molecule has 1 fully saturated rings. The molecule has 1 saturated carbocycles. The van der Waals surface area contributed by atoms with E-state index in [4.69, 9.17) is 4.74 Å². The van der Waals surface area contributed by atoms with E-state index in [1.54, 1.807) is 0 Å². The summed E-state index contributed by atoms with van der Waals surface area (Å²) in [6.07, 6.45) is 10.0. The zero-order chi connectivity index (χ0) is 11.1. The van der Waals surface area contributed by atoms with Gasteiger partial charge >= 0.3 is 0 Å². The number of ether oxygens (including phenoxy) is 1. The molecule has 0 saturated heterocycles. The Balaban J connectivity index is 1.92. The zero-order valence-electron chi connectivity index (χ0n) is 10.6. The Morgan fingerprint density at radius 3 is 2.60 bits per heavy atom. The number of hydrogen-bond acceptors (Lipinski definition) is 2. The van der Waals surface area contributed by atoms with E-state index in [0.29, 0.717) is 18.2 Å². The minimum atomic E-state index is 0.463. The zero-order valence-corrected chi connectivity index (χ0v) is 10.6. The summed E-state index contributed by atoms with van der Waals surface area (Å²) < 4.78 is 5.96. The Labute approximate surface area is 94.8 Å². The van der Waals surface area contributed by atoms with E-state index in [9.17, 15) is 0 Å². The number of nitrogens with one attached hydrogen (secondary N) is 1. The van der Waals surface area contributed by atoms with Crippen LogP contribution in [-0.4, -0.2) is 25.3 Å². The maximum absolute atomic E-state index is 5.96. The Morgan fingerprint density at radius 1 is 1.27 bits per heavy atom. The average Bonchev–Trinajstić information content (AvgIpc) is 2.17. The van der Waals surface area contributed by atoms with Crippen LogP contribution in [0.5, 0.6) is 0 Å². The van der Waals surface area contributed by atoms with Crippen molar-refractivity contribution in [2.75, 3.05) is 7.05 Å². The topological polar surface area (TPSA) is 21.3 Å². The summed E-state index contributed by atoms with van der Waals surface area (Å²) in [5, 5.41) is 3.28. The average molecular weight is 213 g/mol. The van der Waals surface area contributed by atoms with Crippen molar-refractivity contribution in [2.24, 2.45) is 0 Å². The molecular weight excluding hydrogens is 186 g/mol. The highest BCUT2D eigenvalue weighted by Crippen LogP contribution is 2.25. The van der Waals surface area contributed by atoms with Crippen LogP contribution in [0.3, 0.4) is 0 Å². The SMILES string of the molecule is CCCCCCC(C)OC1CC(NC)C1. The largest absolute Gasteiger partial charge is 0.375 e. The van der Waals surface area contributed by atoms with Gasteiger partial charge in [-0.25, -0.2) is 0 Å². The Bertz CT molecular complexity index is 155. The molecule has 2 nitrogen and oxygen atoms in total. The molecule has 0 heterocycles. The first-order valence-corrected chi connectivity index (χ1v) is 6.59. The van der Waals surface area contributed by atoms with Gasteiger partial charge in [0.2, 0.25) is 0 Å². The quantitative estimate of drug-likeness (QED) is 0.626. The normalized spacial score (nSPS) is 27.4. The van der Waals surface area contributed by atoms with E-state index in [-0.39, 0.29) is 0 Å². The predicted molar refractivity (Wildman–Crippen MR) is 65.2 cm³/mol. The molecule has 1 atom stereocenters. The van der Waals surface area contributed by atoms with Crippen LogP contribution in [-0.2, 0) is 4.74 Å². The molecule has 2 heteroatoms. The summed E-state index contributed by atoms with van der Waals surface area (Å²) in [7, 11) is 2.04. The van der Waals surface area contributed by atoms with Crippen LogP contribution in [0, 0.1) is 0 Å². The fourth-order valence-corrected chi connectivity index (χ4v) is 2.17. The predicted octanol–water partition coefficient (Wildman–Crippen LogP) is 3.11. The van der Waals surface area contributed by atoms with Gasteiger partial charge in [0.05, 0.1) is 12.2 Å². The van der Waals surface area contributed by atoms with Crippen molar-refractivity contribution in [3.8, 4) is 0 Å². The van der Waals surface area contributed by atoms with Crippen LogP contribution in [0.1, 0.15) is 58.8 Å². The van der Waals surface area contributed by atoms with Crippen LogP contribution in [0.15, 0.2) is 0 Å². The van der Waals surface area contributed by atoms with Crippen molar-refractivity contribution >= 4 is 0 Å². The molecule has 0 aromatic heterocycles. The van der Waals surface area contributed by atoms with Gasteiger partial charge in [0.15, 0.2) is 0 Å². The van der Waals surface area contributed by atoms with Crippen molar-refractivity contribution in [3.05, 3.63) is 0 Å². The van der Waals surface area contributed by atoms with E-state index in [0.717, 1.165) is 0 Å². The molecule has 90 valence electrons. The summed E-state index contributed by atoms with van der Waals surface area (Å²) in [4.78, 5) is 0. The van der Waals surface area contributed by atoms with E-state index < -0.39 is 0 Å². The maximum Gasteiger partial charge on any atom is 0.0608 e. The van der Waals surface area contributed by atoms with E-state index in [1.807, 2.05) is 7.05 Å². The second-order valence-corrected chi connectivity index (χ2v) is 4.88. The van der Waals surface area contributed by atoms with Gasteiger partial charge in [-0.1, -0.05) is 32.6 Å². The van der Waals surface area contributed by atoms with Crippen LogP contribution in [0.2, 0.25) is 0 Å². The second kappa shape index (κ2) is 7.24. The highest BCUT2D eigenvalue weighted by Gasteiger charge is 2.29. The molecule has 0 bridgehead atoms. The molecular formula is C13H27NO. The standard InChI is InChI=1S/C13H27NO/c1-4-5-6-7-8-11(2)15-13-9-12(10-13)14-3/h11-14H,4-10H2,1-3H3. The molecule has 1 N–H and O–H groups in total. The monoisotopic (exact) mass is 213 g/mol. The van der Waals surface area contributed by atoms with Gasteiger partial charge in [-0.3, -0.25) is 0 Å². The smallest absolute Gasteiger partial charge is 0.0608 e. The number of rotatable bonds is 8. The van der Waals surface area contributed by atoms with Crippen molar-refractivity contribution < 1.29 is 4.74 Å². The van der Waals surface area contributed by atoms with Gasteiger partial charge in [0.1, 0.15) is 0 Å². The second-order valence-electron chi connectivity index (χ2n) is 4.88. The fraction of sp³-hybridized carbons (Fsp3) is 1.00. The van der Waals surface area contributed by atoms with Gasteiger partial charge < -0.3 is 10.1 Å². The maximum atomic E-state index is 5.96. The molecule has 15 heavy (non-hydrogen) atoms.